The van der Waals surface area contributed by atoms with Crippen LogP contribution in [0.15, 0.2) is 36.5 Å². The number of nitrogens with one attached hydrogen (secondary N) is 1. The molecule has 4 rings (SSSR count). The van der Waals surface area contributed by atoms with Crippen LogP contribution in [-0.2, 0) is 0 Å². The van der Waals surface area contributed by atoms with Gasteiger partial charge < -0.3 is 10.2 Å². The van der Waals surface area contributed by atoms with Gasteiger partial charge >= 0.3 is 0 Å². The number of nitrogens with zero attached hydrogens (tertiary/aromatic N) is 6. The molecule has 0 aromatic carbocycles. The van der Waals surface area contributed by atoms with Gasteiger partial charge in [0.1, 0.15) is 22.7 Å². The quantitative estimate of drug-likeness (QED) is 0.725. The van der Waals surface area contributed by atoms with Crippen LogP contribution in [0.4, 0.5) is 0 Å². The lowest BCUT2D eigenvalue weighted by Crippen LogP contribution is -2.44. The Morgan fingerprint density at radius 3 is 2.78 bits per heavy atom. The molecule has 0 bridgehead atoms. The van der Waals surface area contributed by atoms with Gasteiger partial charge in [-0.15, -0.1) is 11.3 Å². The maximum absolute atomic E-state index is 12.5. The molecule has 1 amide bonds. The highest BCUT2D eigenvalue weighted by molar-refractivity contribution is 7.13. The highest BCUT2D eigenvalue weighted by Gasteiger charge is 2.21. The van der Waals surface area contributed by atoms with Crippen molar-refractivity contribution < 1.29 is 4.79 Å². The molecule has 140 valence electrons. The summed E-state index contributed by atoms with van der Waals surface area (Å²) >= 11 is 1.44. The van der Waals surface area contributed by atoms with Gasteiger partial charge in [-0.1, -0.05) is 6.92 Å². The maximum Gasteiger partial charge on any atom is 0.270 e. The molecular weight excluding hydrogens is 362 g/mol. The Bertz CT molecular complexity index is 899. The van der Waals surface area contributed by atoms with Crippen molar-refractivity contribution in [2.24, 2.45) is 0 Å². The highest BCUT2D eigenvalue weighted by atomic mass is 32.1. The van der Waals surface area contributed by atoms with E-state index in [-0.39, 0.29) is 11.9 Å². The molecule has 3 aromatic heterocycles. The van der Waals surface area contributed by atoms with E-state index in [1.807, 2.05) is 6.20 Å². The lowest BCUT2D eigenvalue weighted by molar-refractivity contribution is 0.0908. The average Bonchev–Trinajstić information content (AvgIpc) is 3.39. The summed E-state index contributed by atoms with van der Waals surface area (Å²) in [6.07, 6.45) is 10.4. The summed E-state index contributed by atoms with van der Waals surface area (Å²) in [5.74, 6) is -0.101. The topological polar surface area (TPSA) is 88.8 Å². The van der Waals surface area contributed by atoms with Gasteiger partial charge in [0.2, 0.25) is 0 Å². The summed E-state index contributed by atoms with van der Waals surface area (Å²) in [5, 5.41) is 10.0. The molecule has 1 aliphatic rings. The smallest absolute Gasteiger partial charge is 0.270 e. The zero-order chi connectivity index (χ0) is 18.6. The third-order valence-electron chi connectivity index (χ3n) is 4.75. The fourth-order valence-electron chi connectivity index (χ4n) is 3.15. The van der Waals surface area contributed by atoms with Gasteiger partial charge in [-0.25, -0.2) is 19.6 Å². The van der Waals surface area contributed by atoms with Gasteiger partial charge in [0.25, 0.3) is 5.91 Å². The molecule has 0 unspecified atom stereocenters. The molecule has 1 aliphatic heterocycles. The van der Waals surface area contributed by atoms with Crippen LogP contribution < -0.4 is 5.32 Å². The maximum atomic E-state index is 12.5. The molecule has 4 heterocycles. The molecule has 3 aromatic rings. The van der Waals surface area contributed by atoms with Crippen molar-refractivity contribution in [2.45, 2.75) is 25.8 Å². The van der Waals surface area contributed by atoms with Crippen LogP contribution in [-0.4, -0.2) is 61.2 Å². The van der Waals surface area contributed by atoms with Crippen LogP contribution in [0.2, 0.25) is 0 Å². The number of hydrogen-bond acceptors (Lipinski definition) is 7. The minimum atomic E-state index is -0.101. The SMILES string of the molecule is CCN1CCC(NC(=O)c2csc(-c3cnn(-c4cncnc4)c3)n2)CC1. The Hall–Kier alpha value is -2.65. The normalized spacial score (nSPS) is 15.7. The second kappa shape index (κ2) is 7.93. The summed E-state index contributed by atoms with van der Waals surface area (Å²) in [6, 6.07) is 0.228. The summed E-state index contributed by atoms with van der Waals surface area (Å²) < 4.78 is 1.69. The standard InChI is InChI=1S/C18H21N7OS/c1-2-24-5-3-14(4-6-24)22-17(26)16-11-27-18(23-16)13-7-21-25(10-13)15-8-19-12-20-9-15/h7-12,14H,2-6H2,1H3,(H,22,26). The van der Waals surface area contributed by atoms with Crippen LogP contribution in [0.3, 0.4) is 0 Å². The van der Waals surface area contributed by atoms with Gasteiger partial charge in [0.05, 0.1) is 18.6 Å². The number of rotatable bonds is 5. The third kappa shape index (κ3) is 4.04. The number of piperidine rings is 1. The van der Waals surface area contributed by atoms with Crippen LogP contribution in [0, 0.1) is 0 Å². The largest absolute Gasteiger partial charge is 0.348 e. The summed E-state index contributed by atoms with van der Waals surface area (Å²) in [6.45, 7) is 5.31. The Balaban J connectivity index is 1.41. The van der Waals surface area contributed by atoms with Crippen molar-refractivity contribution in [3.05, 3.63) is 42.2 Å². The van der Waals surface area contributed by atoms with E-state index < -0.39 is 0 Å². The van der Waals surface area contributed by atoms with Crippen LogP contribution in [0.5, 0.6) is 0 Å². The summed E-state index contributed by atoms with van der Waals surface area (Å²) in [7, 11) is 0. The fraction of sp³-hybridized carbons (Fsp3) is 0.389. The van der Waals surface area contributed by atoms with E-state index in [0.717, 1.165) is 48.7 Å². The lowest BCUT2D eigenvalue weighted by atomic mass is 10.1. The Labute approximate surface area is 161 Å². The van der Waals surface area contributed by atoms with E-state index in [0.29, 0.717) is 5.69 Å². The summed E-state index contributed by atoms with van der Waals surface area (Å²) in [5.41, 5.74) is 2.10. The number of aromatic nitrogens is 5. The van der Waals surface area contributed by atoms with Gasteiger partial charge in [0, 0.05) is 36.3 Å². The van der Waals surface area contributed by atoms with Crippen molar-refractivity contribution in [3.8, 4) is 16.3 Å². The fourth-order valence-corrected chi connectivity index (χ4v) is 3.92. The molecule has 1 fully saturated rings. The number of likely N-dealkylation sites (tertiary alicyclic amines) is 1. The summed E-state index contributed by atoms with van der Waals surface area (Å²) in [4.78, 5) is 27.4. The molecule has 0 aliphatic carbocycles. The minimum absolute atomic E-state index is 0.101. The molecule has 0 spiro atoms. The predicted octanol–water partition coefficient (Wildman–Crippen LogP) is 2.00. The molecule has 1 saturated heterocycles. The molecule has 0 atom stereocenters. The second-order valence-electron chi connectivity index (χ2n) is 6.49. The van der Waals surface area contributed by atoms with E-state index in [1.54, 1.807) is 28.7 Å². The van der Waals surface area contributed by atoms with Gasteiger partial charge in [-0.2, -0.15) is 5.10 Å². The van der Waals surface area contributed by atoms with Crippen molar-refractivity contribution in [1.29, 1.82) is 0 Å². The predicted molar refractivity (Wildman–Crippen MR) is 103 cm³/mol. The molecule has 9 heteroatoms. The van der Waals surface area contributed by atoms with Crippen molar-refractivity contribution in [3.63, 3.8) is 0 Å². The zero-order valence-electron chi connectivity index (χ0n) is 15.1. The second-order valence-corrected chi connectivity index (χ2v) is 7.35. The number of hydrogen-bond donors (Lipinski definition) is 1. The minimum Gasteiger partial charge on any atom is -0.348 e. The average molecular weight is 383 g/mol. The first-order valence-electron chi connectivity index (χ1n) is 9.02. The van der Waals surface area contributed by atoms with Crippen molar-refractivity contribution in [2.75, 3.05) is 19.6 Å². The lowest BCUT2D eigenvalue weighted by Gasteiger charge is -2.31. The number of amides is 1. The Morgan fingerprint density at radius 1 is 1.26 bits per heavy atom. The molecule has 0 radical (unpaired) electrons. The first-order valence-corrected chi connectivity index (χ1v) is 9.90. The van der Waals surface area contributed by atoms with Gasteiger partial charge in [0.15, 0.2) is 0 Å². The first kappa shape index (κ1) is 17.7. The van der Waals surface area contributed by atoms with E-state index in [4.69, 9.17) is 0 Å². The van der Waals surface area contributed by atoms with Gasteiger partial charge in [-0.3, -0.25) is 4.79 Å². The van der Waals surface area contributed by atoms with E-state index in [2.05, 4.69) is 37.2 Å². The zero-order valence-corrected chi connectivity index (χ0v) is 15.9. The van der Waals surface area contributed by atoms with Crippen molar-refractivity contribution >= 4 is 17.2 Å². The first-order chi connectivity index (χ1) is 13.2. The number of carbonyl (C=O) groups is 1. The Morgan fingerprint density at radius 2 is 2.04 bits per heavy atom. The monoisotopic (exact) mass is 383 g/mol. The number of carbonyl (C=O) groups excluding carboxylic acids is 1. The Kier molecular flexibility index (Phi) is 5.21. The van der Waals surface area contributed by atoms with E-state index >= 15 is 0 Å². The highest BCUT2D eigenvalue weighted by Crippen LogP contribution is 2.24. The van der Waals surface area contributed by atoms with Crippen LogP contribution in [0.1, 0.15) is 30.3 Å². The third-order valence-corrected chi connectivity index (χ3v) is 5.64. The molecule has 8 nitrogen and oxygen atoms in total. The number of thiazole rings is 1. The molecule has 0 saturated carbocycles. The van der Waals surface area contributed by atoms with Crippen LogP contribution >= 0.6 is 11.3 Å². The van der Waals surface area contributed by atoms with E-state index in [1.165, 1.54) is 17.7 Å². The molecular formula is C18H21N7OS. The van der Waals surface area contributed by atoms with Crippen LogP contribution in [0.25, 0.3) is 16.3 Å². The van der Waals surface area contributed by atoms with E-state index in [9.17, 15) is 4.79 Å². The van der Waals surface area contributed by atoms with Crippen molar-refractivity contribution in [1.82, 2.24) is 34.9 Å². The van der Waals surface area contributed by atoms with Gasteiger partial charge in [-0.05, 0) is 19.4 Å². The molecule has 1 N–H and O–H groups in total. The molecule has 27 heavy (non-hydrogen) atoms.